The van der Waals surface area contributed by atoms with Crippen molar-refractivity contribution in [3.8, 4) is 28.8 Å². The SMILES string of the molecule is CCOC(=O)C1CCN(c2nc(Oc3ccc(-c4ccc(C#N)cc4)cc3)ccc2[N+](=O)[O-])CC1. The molecule has 0 atom stereocenters. The first-order valence-corrected chi connectivity index (χ1v) is 11.3. The Morgan fingerprint density at radius 1 is 1.09 bits per heavy atom. The number of anilines is 1. The largest absolute Gasteiger partial charge is 0.466 e. The average Bonchev–Trinajstić information content (AvgIpc) is 2.89. The van der Waals surface area contributed by atoms with E-state index in [1.165, 1.54) is 12.1 Å². The molecule has 4 rings (SSSR count). The van der Waals surface area contributed by atoms with E-state index in [0.717, 1.165) is 11.1 Å². The number of esters is 1. The first kappa shape index (κ1) is 23.7. The van der Waals surface area contributed by atoms with Gasteiger partial charge in [0, 0.05) is 25.2 Å². The minimum absolute atomic E-state index is 0.108. The van der Waals surface area contributed by atoms with E-state index in [-0.39, 0.29) is 29.3 Å². The summed E-state index contributed by atoms with van der Waals surface area (Å²) in [7, 11) is 0. The van der Waals surface area contributed by atoms with Gasteiger partial charge < -0.3 is 14.4 Å². The number of hydrogen-bond acceptors (Lipinski definition) is 8. The van der Waals surface area contributed by atoms with Crippen LogP contribution in [0.4, 0.5) is 11.5 Å². The Hall–Kier alpha value is -4.45. The topological polar surface area (TPSA) is 119 Å². The number of ether oxygens (including phenoxy) is 2. The first-order valence-electron chi connectivity index (χ1n) is 11.3. The summed E-state index contributed by atoms with van der Waals surface area (Å²) in [6, 6.07) is 19.6. The molecule has 1 aliphatic heterocycles. The molecule has 2 aromatic carbocycles. The van der Waals surface area contributed by atoms with Crippen LogP contribution in [-0.2, 0) is 9.53 Å². The first-order chi connectivity index (χ1) is 17.0. The van der Waals surface area contributed by atoms with E-state index >= 15 is 0 Å². The Kier molecular flexibility index (Phi) is 7.21. The number of aromatic nitrogens is 1. The minimum atomic E-state index is -0.462. The van der Waals surface area contributed by atoms with Gasteiger partial charge in [-0.25, -0.2) is 0 Å². The molecule has 178 valence electrons. The third-order valence-corrected chi connectivity index (χ3v) is 5.86. The number of piperidine rings is 1. The van der Waals surface area contributed by atoms with Gasteiger partial charge in [0.25, 0.3) is 0 Å². The highest BCUT2D eigenvalue weighted by Crippen LogP contribution is 2.33. The van der Waals surface area contributed by atoms with Crippen molar-refractivity contribution < 1.29 is 19.2 Å². The normalized spacial score (nSPS) is 13.7. The van der Waals surface area contributed by atoms with Gasteiger partial charge in [-0.15, -0.1) is 0 Å². The number of pyridine rings is 1. The van der Waals surface area contributed by atoms with Gasteiger partial charge in [-0.1, -0.05) is 24.3 Å². The Bertz CT molecular complexity index is 1240. The van der Waals surface area contributed by atoms with E-state index < -0.39 is 4.92 Å². The number of rotatable bonds is 7. The Balaban J connectivity index is 1.49. The molecular weight excluding hydrogens is 448 g/mol. The summed E-state index contributed by atoms with van der Waals surface area (Å²) in [5.41, 5.74) is 2.42. The second-order valence-corrected chi connectivity index (χ2v) is 8.08. The van der Waals surface area contributed by atoms with Crippen molar-refractivity contribution in [2.24, 2.45) is 5.92 Å². The van der Waals surface area contributed by atoms with Gasteiger partial charge in [-0.2, -0.15) is 10.2 Å². The molecule has 0 amide bonds. The van der Waals surface area contributed by atoms with E-state index in [9.17, 15) is 14.9 Å². The lowest BCUT2D eigenvalue weighted by Crippen LogP contribution is -2.37. The van der Waals surface area contributed by atoms with Crippen molar-refractivity contribution in [1.29, 1.82) is 5.26 Å². The number of carbonyl (C=O) groups is 1. The van der Waals surface area contributed by atoms with Crippen LogP contribution in [0.15, 0.2) is 60.7 Å². The Labute approximate surface area is 202 Å². The van der Waals surface area contributed by atoms with E-state index in [1.807, 2.05) is 29.2 Å². The lowest BCUT2D eigenvalue weighted by atomic mass is 9.97. The lowest BCUT2D eigenvalue weighted by molar-refractivity contribution is -0.384. The van der Waals surface area contributed by atoms with Gasteiger partial charge in [-0.05, 0) is 55.2 Å². The van der Waals surface area contributed by atoms with Gasteiger partial charge in [0.15, 0.2) is 0 Å². The molecular formula is C26H24N4O5. The zero-order valence-corrected chi connectivity index (χ0v) is 19.2. The number of nitro groups is 1. The number of hydrogen-bond donors (Lipinski definition) is 0. The third-order valence-electron chi connectivity index (χ3n) is 5.86. The summed E-state index contributed by atoms with van der Waals surface area (Å²) in [6.07, 6.45) is 1.08. The van der Waals surface area contributed by atoms with Crippen LogP contribution < -0.4 is 9.64 Å². The van der Waals surface area contributed by atoms with Gasteiger partial charge >= 0.3 is 11.7 Å². The monoisotopic (exact) mass is 472 g/mol. The Morgan fingerprint density at radius 2 is 1.71 bits per heavy atom. The molecule has 9 nitrogen and oxygen atoms in total. The second kappa shape index (κ2) is 10.7. The highest BCUT2D eigenvalue weighted by Gasteiger charge is 2.30. The molecule has 1 saturated heterocycles. The van der Waals surface area contributed by atoms with Crippen molar-refractivity contribution in [3.63, 3.8) is 0 Å². The summed E-state index contributed by atoms with van der Waals surface area (Å²) in [6.45, 7) is 3.02. The van der Waals surface area contributed by atoms with Crippen molar-refractivity contribution in [3.05, 3.63) is 76.3 Å². The summed E-state index contributed by atoms with van der Waals surface area (Å²) in [5, 5.41) is 20.6. The predicted molar refractivity (Wildman–Crippen MR) is 129 cm³/mol. The smallest absolute Gasteiger partial charge is 0.311 e. The molecule has 3 aromatic rings. The molecule has 0 spiro atoms. The molecule has 1 aliphatic rings. The molecule has 1 fully saturated rings. The van der Waals surface area contributed by atoms with E-state index in [0.29, 0.717) is 43.9 Å². The van der Waals surface area contributed by atoms with Gasteiger partial charge in [0.1, 0.15) is 5.75 Å². The molecule has 0 N–H and O–H groups in total. The van der Waals surface area contributed by atoms with Crippen LogP contribution in [-0.4, -0.2) is 35.6 Å². The zero-order chi connectivity index (χ0) is 24.8. The highest BCUT2D eigenvalue weighted by atomic mass is 16.6. The van der Waals surface area contributed by atoms with Crippen molar-refractivity contribution in [2.75, 3.05) is 24.6 Å². The number of nitrogens with zero attached hydrogens (tertiary/aromatic N) is 4. The minimum Gasteiger partial charge on any atom is -0.466 e. The van der Waals surface area contributed by atoms with E-state index in [1.54, 1.807) is 31.2 Å². The maximum atomic E-state index is 12.0. The molecule has 0 aliphatic carbocycles. The summed E-state index contributed by atoms with van der Waals surface area (Å²) >= 11 is 0. The van der Waals surface area contributed by atoms with Crippen molar-refractivity contribution >= 4 is 17.5 Å². The predicted octanol–water partition coefficient (Wildman–Crippen LogP) is 5.10. The number of nitriles is 1. The molecule has 0 radical (unpaired) electrons. The maximum Gasteiger partial charge on any atom is 0.311 e. The zero-order valence-electron chi connectivity index (χ0n) is 19.2. The summed E-state index contributed by atoms with van der Waals surface area (Å²) < 4.78 is 11.0. The van der Waals surface area contributed by atoms with Crippen LogP contribution in [0.2, 0.25) is 0 Å². The number of carbonyl (C=O) groups excluding carboxylic acids is 1. The van der Waals surface area contributed by atoms with Gasteiger partial charge in [0.2, 0.25) is 11.7 Å². The van der Waals surface area contributed by atoms with Crippen LogP contribution in [0.1, 0.15) is 25.3 Å². The molecule has 2 heterocycles. The Morgan fingerprint density at radius 3 is 2.29 bits per heavy atom. The second-order valence-electron chi connectivity index (χ2n) is 8.08. The summed E-state index contributed by atoms with van der Waals surface area (Å²) in [4.78, 5) is 29.4. The fourth-order valence-corrected chi connectivity index (χ4v) is 4.02. The molecule has 35 heavy (non-hydrogen) atoms. The highest BCUT2D eigenvalue weighted by molar-refractivity contribution is 5.73. The fraction of sp³-hybridized carbons (Fsp3) is 0.269. The lowest BCUT2D eigenvalue weighted by Gasteiger charge is -2.31. The maximum absolute atomic E-state index is 12.0. The van der Waals surface area contributed by atoms with Crippen LogP contribution in [0, 0.1) is 27.4 Å². The van der Waals surface area contributed by atoms with Crippen LogP contribution in [0.25, 0.3) is 11.1 Å². The average molecular weight is 473 g/mol. The van der Waals surface area contributed by atoms with Crippen molar-refractivity contribution in [2.45, 2.75) is 19.8 Å². The van der Waals surface area contributed by atoms with Crippen LogP contribution >= 0.6 is 0 Å². The quantitative estimate of drug-likeness (QED) is 0.265. The van der Waals surface area contributed by atoms with E-state index in [2.05, 4.69) is 11.1 Å². The van der Waals surface area contributed by atoms with Crippen LogP contribution in [0.3, 0.4) is 0 Å². The molecule has 0 bridgehead atoms. The molecule has 1 aromatic heterocycles. The molecule has 9 heteroatoms. The van der Waals surface area contributed by atoms with Crippen molar-refractivity contribution in [1.82, 2.24) is 4.98 Å². The summed E-state index contributed by atoms with van der Waals surface area (Å²) in [5.74, 6) is 0.569. The van der Waals surface area contributed by atoms with E-state index in [4.69, 9.17) is 14.7 Å². The standard InChI is InChI=1S/C26H24N4O5/c1-2-34-26(31)21-13-15-29(16-14-21)25-23(30(32)33)11-12-24(28-25)35-22-9-7-20(8-10-22)19-5-3-18(17-27)4-6-19/h3-12,21H,2,13-16H2,1H3. The van der Waals surface area contributed by atoms with Crippen LogP contribution in [0.5, 0.6) is 11.6 Å². The van der Waals surface area contributed by atoms with Gasteiger partial charge in [0.05, 0.1) is 29.1 Å². The molecule has 0 unspecified atom stereocenters. The fourth-order valence-electron chi connectivity index (χ4n) is 4.02. The number of benzene rings is 2. The van der Waals surface area contributed by atoms with Gasteiger partial charge in [-0.3, -0.25) is 14.9 Å². The third kappa shape index (κ3) is 5.55. The molecule has 0 saturated carbocycles.